The molecule has 2 rings (SSSR count). The van der Waals surface area contributed by atoms with Crippen LogP contribution in [0.25, 0.3) is 0 Å². The largest absolute Gasteiger partial charge is 0.478 e. The van der Waals surface area contributed by atoms with Crippen molar-refractivity contribution in [1.82, 2.24) is 4.90 Å². The van der Waals surface area contributed by atoms with Crippen LogP contribution in [-0.4, -0.2) is 34.6 Å². The number of hydrogen-bond donors (Lipinski definition) is 2. The van der Waals surface area contributed by atoms with E-state index in [1.54, 1.807) is 23.1 Å². The minimum absolute atomic E-state index is 0.0969. The molecule has 0 aromatic heterocycles. The summed E-state index contributed by atoms with van der Waals surface area (Å²) in [6.45, 7) is 4.10. The highest BCUT2D eigenvalue weighted by atomic mass is 127. The third-order valence-electron chi connectivity index (χ3n) is 3.03. The molecule has 0 atom stereocenters. The van der Waals surface area contributed by atoms with Gasteiger partial charge in [-0.3, -0.25) is 0 Å². The van der Waals surface area contributed by atoms with Crippen molar-refractivity contribution in [1.29, 1.82) is 0 Å². The monoisotopic (exact) mass is 386 g/mol. The summed E-state index contributed by atoms with van der Waals surface area (Å²) in [4.78, 5) is 25.1. The number of halogens is 1. The topological polar surface area (TPSA) is 69.6 Å². The lowest BCUT2D eigenvalue weighted by atomic mass is 10.2. The molecule has 0 heterocycles. The maximum Gasteiger partial charge on any atom is 0.337 e. The Kier molecular flexibility index (Phi) is 4.64. The molecule has 6 heteroatoms. The molecule has 0 spiro atoms. The summed E-state index contributed by atoms with van der Waals surface area (Å²) >= 11 is 2.04. The van der Waals surface area contributed by atoms with Gasteiger partial charge in [-0.05, 0) is 53.6 Å². The quantitative estimate of drug-likeness (QED) is 0.604. The lowest BCUT2D eigenvalue weighted by molar-refractivity contribution is 0.0698. The van der Waals surface area contributed by atoms with Crippen molar-refractivity contribution < 1.29 is 14.7 Å². The molecule has 106 valence electrons. The number of nitrogens with one attached hydrogen (secondary N) is 1. The van der Waals surface area contributed by atoms with Crippen molar-refractivity contribution in [2.45, 2.75) is 18.9 Å². The molecule has 1 fully saturated rings. The predicted octanol–water partition coefficient (Wildman–Crippen LogP) is 3.17. The molecule has 1 saturated carbocycles. The second kappa shape index (κ2) is 6.25. The van der Waals surface area contributed by atoms with Crippen LogP contribution in [-0.2, 0) is 0 Å². The van der Waals surface area contributed by atoms with E-state index < -0.39 is 5.97 Å². The fourth-order valence-electron chi connectivity index (χ4n) is 1.91. The van der Waals surface area contributed by atoms with Gasteiger partial charge in [-0.15, -0.1) is 6.58 Å². The number of carbonyl (C=O) groups is 2. The summed E-state index contributed by atoms with van der Waals surface area (Å²) in [5, 5.41) is 11.9. The number of urea groups is 1. The molecule has 2 amide bonds. The first kappa shape index (κ1) is 14.8. The first-order valence-electron chi connectivity index (χ1n) is 6.24. The van der Waals surface area contributed by atoms with Gasteiger partial charge in [-0.25, -0.2) is 9.59 Å². The maximum absolute atomic E-state index is 12.2. The molecule has 0 aliphatic heterocycles. The Morgan fingerprint density at radius 1 is 1.50 bits per heavy atom. The van der Waals surface area contributed by atoms with Crippen molar-refractivity contribution in [3.63, 3.8) is 0 Å². The van der Waals surface area contributed by atoms with Crippen LogP contribution >= 0.6 is 22.6 Å². The zero-order valence-corrected chi connectivity index (χ0v) is 13.0. The number of carboxylic acid groups (broad SMARTS) is 1. The van der Waals surface area contributed by atoms with E-state index >= 15 is 0 Å². The van der Waals surface area contributed by atoms with Crippen molar-refractivity contribution in [2.24, 2.45) is 0 Å². The number of amides is 2. The zero-order chi connectivity index (χ0) is 14.7. The van der Waals surface area contributed by atoms with Crippen LogP contribution in [0.2, 0.25) is 0 Å². The number of rotatable bonds is 5. The molecule has 1 aliphatic rings. The molecule has 0 unspecified atom stereocenters. The Morgan fingerprint density at radius 2 is 2.20 bits per heavy atom. The number of nitrogens with zero attached hydrogens (tertiary/aromatic N) is 1. The molecule has 2 N–H and O–H groups in total. The average Bonchev–Trinajstić information content (AvgIpc) is 3.22. The van der Waals surface area contributed by atoms with E-state index in [2.05, 4.69) is 11.9 Å². The summed E-state index contributed by atoms with van der Waals surface area (Å²) in [5.41, 5.74) is 0.414. The number of hydrogen-bond acceptors (Lipinski definition) is 2. The number of carboxylic acids is 1. The van der Waals surface area contributed by atoms with Gasteiger partial charge in [-0.1, -0.05) is 6.08 Å². The Hall–Kier alpha value is -1.57. The van der Waals surface area contributed by atoms with Gasteiger partial charge in [0.15, 0.2) is 0 Å². The zero-order valence-electron chi connectivity index (χ0n) is 10.8. The highest BCUT2D eigenvalue weighted by Gasteiger charge is 2.32. The molecule has 1 aromatic carbocycles. The van der Waals surface area contributed by atoms with Crippen molar-refractivity contribution in [3.8, 4) is 0 Å². The molecule has 1 aromatic rings. The third-order valence-corrected chi connectivity index (χ3v) is 3.70. The van der Waals surface area contributed by atoms with Gasteiger partial charge in [-0.2, -0.15) is 0 Å². The van der Waals surface area contributed by atoms with Crippen LogP contribution in [0.3, 0.4) is 0 Å². The SMILES string of the molecule is C=CCN(C(=O)Nc1ccc(I)cc1C(=O)O)C1CC1. The van der Waals surface area contributed by atoms with Gasteiger partial charge in [0.05, 0.1) is 11.3 Å². The minimum atomic E-state index is -1.06. The predicted molar refractivity (Wildman–Crippen MR) is 85.1 cm³/mol. The highest BCUT2D eigenvalue weighted by molar-refractivity contribution is 14.1. The molecule has 0 bridgehead atoms. The average molecular weight is 386 g/mol. The number of aromatic carboxylic acids is 1. The number of benzene rings is 1. The Balaban J connectivity index is 2.18. The van der Waals surface area contributed by atoms with Gasteiger partial charge in [0.2, 0.25) is 0 Å². The lowest BCUT2D eigenvalue weighted by Crippen LogP contribution is -2.37. The van der Waals surface area contributed by atoms with Crippen molar-refractivity contribution >= 4 is 40.3 Å². The van der Waals surface area contributed by atoms with Gasteiger partial charge in [0, 0.05) is 16.2 Å². The Morgan fingerprint density at radius 3 is 2.75 bits per heavy atom. The van der Waals surface area contributed by atoms with Crippen LogP contribution in [0.15, 0.2) is 30.9 Å². The Labute approximate surface area is 130 Å². The van der Waals surface area contributed by atoms with Gasteiger partial charge < -0.3 is 15.3 Å². The van der Waals surface area contributed by atoms with Crippen LogP contribution in [0.1, 0.15) is 23.2 Å². The molecule has 20 heavy (non-hydrogen) atoms. The standard InChI is InChI=1S/C14H15IN2O3/c1-2-7-17(10-4-5-10)14(20)16-12-6-3-9(15)8-11(12)13(18)19/h2-3,6,8,10H,1,4-5,7H2,(H,16,20)(H,18,19). The van der Waals surface area contributed by atoms with E-state index in [9.17, 15) is 14.7 Å². The number of carbonyl (C=O) groups excluding carboxylic acids is 1. The van der Waals surface area contributed by atoms with E-state index in [1.165, 1.54) is 6.07 Å². The summed E-state index contributed by atoms with van der Waals surface area (Å²) < 4.78 is 0.808. The highest BCUT2D eigenvalue weighted by Crippen LogP contribution is 2.28. The molecule has 0 radical (unpaired) electrons. The molecular weight excluding hydrogens is 371 g/mol. The smallest absolute Gasteiger partial charge is 0.337 e. The van der Waals surface area contributed by atoms with Crippen molar-refractivity contribution in [2.75, 3.05) is 11.9 Å². The van der Waals surface area contributed by atoms with Crippen LogP contribution in [0, 0.1) is 3.57 Å². The normalized spacial score (nSPS) is 13.7. The Bertz CT molecular complexity index is 555. The lowest BCUT2D eigenvalue weighted by Gasteiger charge is -2.21. The first-order chi connectivity index (χ1) is 9.52. The third kappa shape index (κ3) is 3.50. The summed E-state index contributed by atoms with van der Waals surface area (Å²) in [5.74, 6) is -1.06. The van der Waals surface area contributed by atoms with Crippen LogP contribution < -0.4 is 5.32 Å². The van der Waals surface area contributed by atoms with Gasteiger partial charge >= 0.3 is 12.0 Å². The first-order valence-corrected chi connectivity index (χ1v) is 7.32. The van der Waals surface area contributed by atoms with Crippen LogP contribution in [0.4, 0.5) is 10.5 Å². The molecule has 0 saturated heterocycles. The summed E-state index contributed by atoms with van der Waals surface area (Å²) in [6.07, 6.45) is 3.64. The van der Waals surface area contributed by atoms with E-state index in [0.29, 0.717) is 12.2 Å². The molecule has 1 aliphatic carbocycles. The second-order valence-electron chi connectivity index (χ2n) is 4.60. The summed E-state index contributed by atoms with van der Waals surface area (Å²) in [6, 6.07) is 4.87. The van der Waals surface area contributed by atoms with Gasteiger partial charge in [0.1, 0.15) is 0 Å². The van der Waals surface area contributed by atoms with Crippen LogP contribution in [0.5, 0.6) is 0 Å². The van der Waals surface area contributed by atoms with E-state index in [0.717, 1.165) is 16.4 Å². The van der Waals surface area contributed by atoms with Gasteiger partial charge in [0.25, 0.3) is 0 Å². The van der Waals surface area contributed by atoms with E-state index in [-0.39, 0.29) is 17.6 Å². The van der Waals surface area contributed by atoms with Crippen molar-refractivity contribution in [3.05, 3.63) is 40.0 Å². The molecule has 5 nitrogen and oxygen atoms in total. The second-order valence-corrected chi connectivity index (χ2v) is 5.84. The maximum atomic E-state index is 12.2. The minimum Gasteiger partial charge on any atom is -0.478 e. The number of anilines is 1. The fraction of sp³-hybridized carbons (Fsp3) is 0.286. The molecular formula is C14H15IN2O3. The van der Waals surface area contributed by atoms with E-state index in [4.69, 9.17) is 0 Å². The summed E-state index contributed by atoms with van der Waals surface area (Å²) in [7, 11) is 0. The fourth-order valence-corrected chi connectivity index (χ4v) is 2.40. The van der Waals surface area contributed by atoms with E-state index in [1.807, 2.05) is 22.6 Å².